The van der Waals surface area contributed by atoms with Crippen LogP contribution < -0.4 is 5.32 Å². The van der Waals surface area contributed by atoms with Gasteiger partial charge in [0.05, 0.1) is 5.02 Å². The molecular formula is C15H18ClFN2O2. The molecule has 0 aliphatic carbocycles. The molecule has 1 aliphatic heterocycles. The van der Waals surface area contributed by atoms with E-state index in [1.807, 2.05) is 13.8 Å². The average molecular weight is 313 g/mol. The summed E-state index contributed by atoms with van der Waals surface area (Å²) in [4.78, 5) is 26.0. The van der Waals surface area contributed by atoms with Crippen LogP contribution in [0.2, 0.25) is 5.02 Å². The molecule has 0 radical (unpaired) electrons. The summed E-state index contributed by atoms with van der Waals surface area (Å²) in [6.07, 6.45) is 0. The van der Waals surface area contributed by atoms with Crippen molar-refractivity contribution >= 4 is 23.4 Å². The fraction of sp³-hybridized carbons (Fsp3) is 0.467. The third-order valence-corrected chi connectivity index (χ3v) is 3.99. The molecule has 1 saturated heterocycles. The van der Waals surface area contributed by atoms with Gasteiger partial charge in [-0.15, -0.1) is 0 Å². The van der Waals surface area contributed by atoms with Gasteiger partial charge in [-0.05, 0) is 30.5 Å². The molecule has 2 amide bonds. The van der Waals surface area contributed by atoms with E-state index in [4.69, 9.17) is 11.6 Å². The van der Waals surface area contributed by atoms with Gasteiger partial charge in [-0.3, -0.25) is 9.59 Å². The second-order valence-corrected chi connectivity index (χ2v) is 6.03. The van der Waals surface area contributed by atoms with Gasteiger partial charge in [0.2, 0.25) is 11.8 Å². The van der Waals surface area contributed by atoms with Crippen LogP contribution in [0.3, 0.4) is 0 Å². The molecule has 1 aromatic carbocycles. The van der Waals surface area contributed by atoms with Crippen LogP contribution in [0.25, 0.3) is 0 Å². The van der Waals surface area contributed by atoms with Crippen molar-refractivity contribution in [3.63, 3.8) is 0 Å². The molecule has 0 saturated carbocycles. The summed E-state index contributed by atoms with van der Waals surface area (Å²) >= 11 is 5.75. The van der Waals surface area contributed by atoms with Crippen LogP contribution in [0.15, 0.2) is 18.2 Å². The van der Waals surface area contributed by atoms with Crippen molar-refractivity contribution < 1.29 is 14.0 Å². The quantitative estimate of drug-likeness (QED) is 0.931. The zero-order valence-electron chi connectivity index (χ0n) is 12.2. The lowest BCUT2D eigenvalue weighted by atomic mass is 9.98. The Labute approximate surface area is 128 Å². The summed E-state index contributed by atoms with van der Waals surface area (Å²) in [7, 11) is 0. The Balaban J connectivity index is 2.24. The smallest absolute Gasteiger partial charge is 0.246 e. The van der Waals surface area contributed by atoms with Gasteiger partial charge in [0.25, 0.3) is 0 Å². The number of piperazine rings is 1. The average Bonchev–Trinajstić information content (AvgIpc) is 2.42. The fourth-order valence-corrected chi connectivity index (χ4v) is 2.55. The van der Waals surface area contributed by atoms with Crippen LogP contribution in [0.1, 0.15) is 26.3 Å². The van der Waals surface area contributed by atoms with Crippen molar-refractivity contribution in [1.82, 2.24) is 10.2 Å². The number of hydrogen-bond acceptors (Lipinski definition) is 2. The van der Waals surface area contributed by atoms with E-state index < -0.39 is 17.9 Å². The van der Waals surface area contributed by atoms with Gasteiger partial charge in [0.1, 0.15) is 17.9 Å². The molecule has 2 unspecified atom stereocenters. The van der Waals surface area contributed by atoms with Crippen molar-refractivity contribution in [1.29, 1.82) is 0 Å². The molecule has 1 fully saturated rings. The van der Waals surface area contributed by atoms with Gasteiger partial charge in [0, 0.05) is 6.54 Å². The maximum absolute atomic E-state index is 13.2. The van der Waals surface area contributed by atoms with E-state index in [1.165, 1.54) is 17.0 Å². The first-order chi connectivity index (χ1) is 9.81. The summed E-state index contributed by atoms with van der Waals surface area (Å²) in [5.74, 6) is -0.802. The zero-order valence-corrected chi connectivity index (χ0v) is 12.9. The highest BCUT2D eigenvalue weighted by atomic mass is 35.5. The van der Waals surface area contributed by atoms with Crippen molar-refractivity contribution in [2.24, 2.45) is 5.92 Å². The number of halogens is 2. The highest BCUT2D eigenvalue weighted by molar-refractivity contribution is 6.30. The minimum absolute atomic E-state index is 0.00764. The van der Waals surface area contributed by atoms with E-state index in [9.17, 15) is 14.0 Å². The maximum Gasteiger partial charge on any atom is 0.246 e. The second kappa shape index (κ2) is 6.02. The summed E-state index contributed by atoms with van der Waals surface area (Å²) in [6.45, 7) is 5.67. The van der Waals surface area contributed by atoms with Crippen molar-refractivity contribution in [3.05, 3.63) is 34.6 Å². The van der Waals surface area contributed by atoms with Crippen LogP contribution in [0, 0.1) is 11.7 Å². The summed E-state index contributed by atoms with van der Waals surface area (Å²) in [5.41, 5.74) is 0.693. The SMILES string of the molecule is CC(C)C1NC(=O)C(C)N(Cc2ccc(F)c(Cl)c2)C1=O. The number of hydrogen-bond donors (Lipinski definition) is 1. The van der Waals surface area contributed by atoms with Crippen molar-refractivity contribution in [2.45, 2.75) is 39.4 Å². The largest absolute Gasteiger partial charge is 0.342 e. The molecule has 0 spiro atoms. The number of nitrogens with one attached hydrogen (secondary N) is 1. The Kier molecular flexibility index (Phi) is 4.52. The molecule has 1 aromatic rings. The highest BCUT2D eigenvalue weighted by Crippen LogP contribution is 2.21. The van der Waals surface area contributed by atoms with Gasteiger partial charge in [-0.2, -0.15) is 0 Å². The molecule has 1 N–H and O–H groups in total. The Morgan fingerprint density at radius 3 is 2.62 bits per heavy atom. The summed E-state index contributed by atoms with van der Waals surface area (Å²) in [5, 5.41) is 2.74. The second-order valence-electron chi connectivity index (χ2n) is 5.62. The number of rotatable bonds is 3. The molecule has 2 rings (SSSR count). The number of nitrogens with zero attached hydrogens (tertiary/aromatic N) is 1. The molecule has 0 bridgehead atoms. The topological polar surface area (TPSA) is 49.4 Å². The normalized spacial score (nSPS) is 22.7. The molecule has 21 heavy (non-hydrogen) atoms. The van der Waals surface area contributed by atoms with Crippen molar-refractivity contribution in [2.75, 3.05) is 0 Å². The number of carbonyl (C=O) groups is 2. The number of carbonyl (C=O) groups excluding carboxylic acids is 2. The zero-order chi connectivity index (χ0) is 15.7. The molecular weight excluding hydrogens is 295 g/mol. The third-order valence-electron chi connectivity index (χ3n) is 3.70. The van der Waals surface area contributed by atoms with Gasteiger partial charge in [0.15, 0.2) is 0 Å². The lowest BCUT2D eigenvalue weighted by Gasteiger charge is -2.38. The molecule has 1 heterocycles. The lowest BCUT2D eigenvalue weighted by Crippen LogP contribution is -2.63. The van der Waals surface area contributed by atoms with Crippen LogP contribution >= 0.6 is 11.6 Å². The van der Waals surface area contributed by atoms with Crippen LogP contribution in [0.4, 0.5) is 4.39 Å². The van der Waals surface area contributed by atoms with E-state index in [1.54, 1.807) is 13.0 Å². The maximum atomic E-state index is 13.2. The first-order valence-electron chi connectivity index (χ1n) is 6.86. The van der Waals surface area contributed by atoms with Gasteiger partial charge in [-0.25, -0.2) is 4.39 Å². The van der Waals surface area contributed by atoms with E-state index >= 15 is 0 Å². The first kappa shape index (κ1) is 15.8. The van der Waals surface area contributed by atoms with Gasteiger partial charge >= 0.3 is 0 Å². The van der Waals surface area contributed by atoms with Crippen LogP contribution in [-0.2, 0) is 16.1 Å². The van der Waals surface area contributed by atoms with E-state index in [2.05, 4.69) is 5.32 Å². The third kappa shape index (κ3) is 3.18. The molecule has 4 nitrogen and oxygen atoms in total. The summed E-state index contributed by atoms with van der Waals surface area (Å²) < 4.78 is 13.2. The molecule has 114 valence electrons. The van der Waals surface area contributed by atoms with E-state index in [-0.39, 0.29) is 29.3 Å². The van der Waals surface area contributed by atoms with Crippen LogP contribution in [0.5, 0.6) is 0 Å². The van der Waals surface area contributed by atoms with Crippen LogP contribution in [-0.4, -0.2) is 28.8 Å². The Bertz CT molecular complexity index is 577. The molecule has 2 atom stereocenters. The molecule has 1 aliphatic rings. The molecule has 0 aromatic heterocycles. The Hall–Kier alpha value is -1.62. The Morgan fingerprint density at radius 1 is 1.38 bits per heavy atom. The summed E-state index contributed by atoms with van der Waals surface area (Å²) in [6, 6.07) is 3.23. The predicted molar refractivity (Wildman–Crippen MR) is 78.2 cm³/mol. The minimum atomic E-state index is -0.559. The lowest BCUT2D eigenvalue weighted by molar-refractivity contribution is -0.150. The van der Waals surface area contributed by atoms with E-state index in [0.717, 1.165) is 0 Å². The highest BCUT2D eigenvalue weighted by Gasteiger charge is 2.39. The number of benzene rings is 1. The Morgan fingerprint density at radius 2 is 2.05 bits per heavy atom. The monoisotopic (exact) mass is 312 g/mol. The van der Waals surface area contributed by atoms with Gasteiger partial charge < -0.3 is 10.2 Å². The van der Waals surface area contributed by atoms with Crippen molar-refractivity contribution in [3.8, 4) is 0 Å². The minimum Gasteiger partial charge on any atom is -0.342 e. The standard InChI is InChI=1S/C15H18ClFN2O2/c1-8(2)13-15(21)19(9(3)14(20)18-13)7-10-4-5-12(17)11(16)6-10/h4-6,8-9,13H,7H2,1-3H3,(H,18,20). The predicted octanol–water partition coefficient (Wildman–Crippen LogP) is 2.35. The first-order valence-corrected chi connectivity index (χ1v) is 7.24. The van der Waals surface area contributed by atoms with E-state index in [0.29, 0.717) is 5.56 Å². The molecule has 6 heteroatoms. The number of amides is 2. The fourth-order valence-electron chi connectivity index (χ4n) is 2.35. The van der Waals surface area contributed by atoms with Gasteiger partial charge in [-0.1, -0.05) is 31.5 Å².